The first-order chi connectivity index (χ1) is 8.60. The maximum Gasteiger partial charge on any atom is 0.409 e. The van der Waals surface area contributed by atoms with Crippen molar-refractivity contribution in [2.24, 2.45) is 0 Å². The molecule has 0 fully saturated rings. The molecule has 0 saturated heterocycles. The minimum absolute atomic E-state index is 0.0273. The van der Waals surface area contributed by atoms with Gasteiger partial charge in [-0.05, 0) is 36.0 Å². The first kappa shape index (κ1) is 12.9. The fourth-order valence-electron chi connectivity index (χ4n) is 2.35. The van der Waals surface area contributed by atoms with Crippen molar-refractivity contribution < 1.29 is 9.53 Å². The van der Waals surface area contributed by atoms with Crippen LogP contribution in [0.4, 0.5) is 4.79 Å². The first-order valence-electron chi connectivity index (χ1n) is 6.58. The molecule has 1 unspecified atom stereocenters. The van der Waals surface area contributed by atoms with Crippen molar-refractivity contribution in [1.29, 1.82) is 0 Å². The monoisotopic (exact) mass is 247 g/mol. The standard InChI is InChI=1S/C15H21NO2/c1-4-11-5-6-12-7-8-14(10-13(12)9-11)18-15(17)16(2)3/h5-6,9,14H,4,7-8,10H2,1-3H3. The second-order valence-electron chi connectivity index (χ2n) is 5.10. The van der Waals surface area contributed by atoms with Gasteiger partial charge in [0.05, 0.1) is 0 Å². The molecule has 2 rings (SSSR count). The first-order valence-corrected chi connectivity index (χ1v) is 6.58. The third-order valence-electron chi connectivity index (χ3n) is 3.49. The van der Waals surface area contributed by atoms with Crippen molar-refractivity contribution in [1.82, 2.24) is 4.90 Å². The van der Waals surface area contributed by atoms with Crippen LogP contribution >= 0.6 is 0 Å². The zero-order chi connectivity index (χ0) is 13.1. The molecule has 0 saturated carbocycles. The minimum atomic E-state index is -0.241. The summed E-state index contributed by atoms with van der Waals surface area (Å²) < 4.78 is 5.47. The van der Waals surface area contributed by atoms with E-state index in [9.17, 15) is 4.79 Å². The third kappa shape index (κ3) is 2.84. The summed E-state index contributed by atoms with van der Waals surface area (Å²) in [7, 11) is 3.43. The van der Waals surface area contributed by atoms with Gasteiger partial charge in [-0.3, -0.25) is 0 Å². The van der Waals surface area contributed by atoms with Gasteiger partial charge in [0.2, 0.25) is 0 Å². The Morgan fingerprint density at radius 3 is 2.83 bits per heavy atom. The van der Waals surface area contributed by atoms with Crippen LogP contribution in [0, 0.1) is 0 Å². The predicted molar refractivity (Wildman–Crippen MR) is 71.8 cm³/mol. The van der Waals surface area contributed by atoms with Gasteiger partial charge in [0.25, 0.3) is 0 Å². The van der Waals surface area contributed by atoms with Gasteiger partial charge in [-0.15, -0.1) is 0 Å². The molecule has 98 valence electrons. The van der Waals surface area contributed by atoms with Crippen molar-refractivity contribution in [3.8, 4) is 0 Å². The quantitative estimate of drug-likeness (QED) is 0.804. The lowest BCUT2D eigenvalue weighted by atomic mass is 9.88. The Hall–Kier alpha value is -1.51. The molecule has 0 radical (unpaired) electrons. The fourth-order valence-corrected chi connectivity index (χ4v) is 2.35. The van der Waals surface area contributed by atoms with Crippen LogP contribution in [0.25, 0.3) is 0 Å². The maximum atomic E-state index is 11.5. The number of amides is 1. The number of nitrogens with zero attached hydrogens (tertiary/aromatic N) is 1. The Labute approximate surface area is 109 Å². The van der Waals surface area contributed by atoms with Gasteiger partial charge in [0, 0.05) is 20.5 Å². The molecule has 1 aromatic rings. The van der Waals surface area contributed by atoms with Crippen molar-refractivity contribution in [2.75, 3.05) is 14.1 Å². The average molecular weight is 247 g/mol. The SMILES string of the molecule is CCc1ccc2c(c1)CC(OC(=O)N(C)C)CC2. The summed E-state index contributed by atoms with van der Waals surface area (Å²) >= 11 is 0. The predicted octanol–water partition coefficient (Wildman–Crippen LogP) is 2.80. The second kappa shape index (κ2) is 5.42. The summed E-state index contributed by atoms with van der Waals surface area (Å²) in [5.41, 5.74) is 4.11. The van der Waals surface area contributed by atoms with Gasteiger partial charge >= 0.3 is 6.09 Å². The van der Waals surface area contributed by atoms with Crippen molar-refractivity contribution >= 4 is 6.09 Å². The van der Waals surface area contributed by atoms with Gasteiger partial charge in [0.15, 0.2) is 0 Å². The molecule has 0 heterocycles. The number of hydrogen-bond acceptors (Lipinski definition) is 2. The lowest BCUT2D eigenvalue weighted by Gasteiger charge is -2.26. The van der Waals surface area contributed by atoms with Gasteiger partial charge in [-0.25, -0.2) is 4.79 Å². The molecule has 0 spiro atoms. The van der Waals surface area contributed by atoms with Crippen LogP contribution in [-0.2, 0) is 24.0 Å². The van der Waals surface area contributed by atoms with Crippen LogP contribution in [0.15, 0.2) is 18.2 Å². The fraction of sp³-hybridized carbons (Fsp3) is 0.533. The van der Waals surface area contributed by atoms with E-state index in [0.717, 1.165) is 25.7 Å². The maximum absolute atomic E-state index is 11.5. The number of benzene rings is 1. The van der Waals surface area contributed by atoms with E-state index >= 15 is 0 Å². The Bertz CT molecular complexity index is 440. The van der Waals surface area contributed by atoms with E-state index in [1.54, 1.807) is 14.1 Å². The van der Waals surface area contributed by atoms with Gasteiger partial charge in [-0.1, -0.05) is 25.1 Å². The lowest BCUT2D eigenvalue weighted by molar-refractivity contribution is 0.0679. The van der Waals surface area contributed by atoms with Crippen LogP contribution in [0.2, 0.25) is 0 Å². The number of fused-ring (bicyclic) bond motifs is 1. The summed E-state index contributed by atoms with van der Waals surface area (Å²) in [4.78, 5) is 13.0. The van der Waals surface area contributed by atoms with Crippen LogP contribution in [0.5, 0.6) is 0 Å². The van der Waals surface area contributed by atoms with Gasteiger partial charge < -0.3 is 9.64 Å². The van der Waals surface area contributed by atoms with Crippen LogP contribution < -0.4 is 0 Å². The van der Waals surface area contributed by atoms with Gasteiger partial charge in [-0.2, -0.15) is 0 Å². The Morgan fingerprint density at radius 2 is 2.17 bits per heavy atom. The third-order valence-corrected chi connectivity index (χ3v) is 3.49. The normalized spacial score (nSPS) is 18.1. The smallest absolute Gasteiger partial charge is 0.409 e. The molecule has 3 heteroatoms. The summed E-state index contributed by atoms with van der Waals surface area (Å²) in [6, 6.07) is 6.67. The molecule has 3 nitrogen and oxygen atoms in total. The molecule has 1 aliphatic carbocycles. The summed E-state index contributed by atoms with van der Waals surface area (Å²) in [6.45, 7) is 2.16. The number of aryl methyl sites for hydroxylation is 2. The minimum Gasteiger partial charge on any atom is -0.446 e. The van der Waals surface area contributed by atoms with Crippen LogP contribution in [0.1, 0.15) is 30.0 Å². The Kier molecular flexibility index (Phi) is 3.90. The van der Waals surface area contributed by atoms with E-state index in [-0.39, 0.29) is 12.2 Å². The second-order valence-corrected chi connectivity index (χ2v) is 5.10. The van der Waals surface area contributed by atoms with E-state index < -0.39 is 0 Å². The summed E-state index contributed by atoms with van der Waals surface area (Å²) in [5.74, 6) is 0. The zero-order valence-corrected chi connectivity index (χ0v) is 11.4. The van der Waals surface area contributed by atoms with E-state index in [1.165, 1.54) is 21.6 Å². The molecule has 1 aliphatic rings. The summed E-state index contributed by atoms with van der Waals surface area (Å²) in [5, 5.41) is 0. The topological polar surface area (TPSA) is 29.5 Å². The molecular weight excluding hydrogens is 226 g/mol. The van der Waals surface area contributed by atoms with Crippen molar-refractivity contribution in [2.45, 2.75) is 38.7 Å². The molecule has 0 aliphatic heterocycles. The number of carbonyl (C=O) groups excluding carboxylic acids is 1. The van der Waals surface area contributed by atoms with Crippen molar-refractivity contribution in [3.63, 3.8) is 0 Å². The molecule has 18 heavy (non-hydrogen) atoms. The molecule has 1 amide bonds. The molecule has 1 atom stereocenters. The molecule has 0 aromatic heterocycles. The van der Waals surface area contributed by atoms with E-state index in [2.05, 4.69) is 25.1 Å². The highest BCUT2D eigenvalue weighted by atomic mass is 16.6. The van der Waals surface area contributed by atoms with Crippen LogP contribution in [0.3, 0.4) is 0 Å². The van der Waals surface area contributed by atoms with E-state index in [4.69, 9.17) is 4.74 Å². The zero-order valence-electron chi connectivity index (χ0n) is 11.4. The highest BCUT2D eigenvalue weighted by molar-refractivity contribution is 5.67. The lowest BCUT2D eigenvalue weighted by Crippen LogP contribution is -2.31. The Balaban J connectivity index is 2.06. The molecule has 0 N–H and O–H groups in total. The number of rotatable bonds is 2. The molecular formula is C15H21NO2. The Morgan fingerprint density at radius 1 is 1.39 bits per heavy atom. The number of ether oxygens (including phenoxy) is 1. The average Bonchev–Trinajstić information content (AvgIpc) is 2.37. The van der Waals surface area contributed by atoms with Crippen LogP contribution in [-0.4, -0.2) is 31.2 Å². The highest BCUT2D eigenvalue weighted by Gasteiger charge is 2.22. The van der Waals surface area contributed by atoms with E-state index in [0.29, 0.717) is 0 Å². The number of hydrogen-bond donors (Lipinski definition) is 0. The number of carbonyl (C=O) groups is 1. The largest absolute Gasteiger partial charge is 0.446 e. The molecule has 1 aromatic carbocycles. The molecule has 0 bridgehead atoms. The van der Waals surface area contributed by atoms with E-state index in [1.807, 2.05) is 0 Å². The summed E-state index contributed by atoms with van der Waals surface area (Å²) in [6.07, 6.45) is 3.62. The van der Waals surface area contributed by atoms with Crippen molar-refractivity contribution in [3.05, 3.63) is 34.9 Å². The van der Waals surface area contributed by atoms with Gasteiger partial charge in [0.1, 0.15) is 6.10 Å². The highest BCUT2D eigenvalue weighted by Crippen LogP contribution is 2.24.